The van der Waals surface area contributed by atoms with Crippen LogP contribution in [0.15, 0.2) is 0 Å². The van der Waals surface area contributed by atoms with Crippen molar-refractivity contribution in [2.24, 2.45) is 0 Å². The van der Waals surface area contributed by atoms with Crippen molar-refractivity contribution < 1.29 is 14.3 Å². The van der Waals surface area contributed by atoms with Crippen LogP contribution in [0.25, 0.3) is 0 Å². The molecule has 2 amide bonds. The number of hydrogen-bond donors (Lipinski definition) is 1. The van der Waals surface area contributed by atoms with Crippen LogP contribution >= 0.6 is 12.4 Å². The van der Waals surface area contributed by atoms with E-state index in [4.69, 9.17) is 4.74 Å². The molecule has 0 saturated carbocycles. The molecule has 1 saturated heterocycles. The van der Waals surface area contributed by atoms with Gasteiger partial charge in [-0.25, -0.2) is 0 Å². The molecule has 106 valence electrons. The molecule has 1 fully saturated rings. The van der Waals surface area contributed by atoms with E-state index in [-0.39, 0.29) is 30.6 Å². The molecule has 1 aliphatic heterocycles. The number of carbonyl (C=O) groups is 2. The van der Waals surface area contributed by atoms with Crippen molar-refractivity contribution in [2.45, 2.75) is 12.5 Å². The van der Waals surface area contributed by atoms with Gasteiger partial charge in [-0.15, -0.1) is 12.4 Å². The zero-order chi connectivity index (χ0) is 12.8. The van der Waals surface area contributed by atoms with Crippen molar-refractivity contribution in [1.82, 2.24) is 15.1 Å². The third-order valence-electron chi connectivity index (χ3n) is 2.83. The molecule has 0 bridgehead atoms. The Balaban J connectivity index is 0.00000289. The maximum absolute atomic E-state index is 12.0. The van der Waals surface area contributed by atoms with Crippen molar-refractivity contribution in [1.29, 1.82) is 0 Å². The van der Waals surface area contributed by atoms with Gasteiger partial charge in [-0.1, -0.05) is 0 Å². The number of halogens is 1. The average molecular weight is 280 g/mol. The molecule has 6 nitrogen and oxygen atoms in total. The highest BCUT2D eigenvalue weighted by atomic mass is 35.5. The summed E-state index contributed by atoms with van der Waals surface area (Å²) >= 11 is 0. The van der Waals surface area contributed by atoms with E-state index in [0.29, 0.717) is 19.7 Å². The number of ether oxygens (including phenoxy) is 1. The van der Waals surface area contributed by atoms with Gasteiger partial charge in [0.15, 0.2) is 0 Å². The van der Waals surface area contributed by atoms with Crippen LogP contribution in [0.1, 0.15) is 6.42 Å². The summed E-state index contributed by atoms with van der Waals surface area (Å²) < 4.78 is 4.96. The molecular weight excluding hydrogens is 258 g/mol. The lowest BCUT2D eigenvalue weighted by Crippen LogP contribution is -2.56. The zero-order valence-electron chi connectivity index (χ0n) is 11.1. The highest BCUT2D eigenvalue weighted by Crippen LogP contribution is 2.06. The summed E-state index contributed by atoms with van der Waals surface area (Å²) in [6.45, 7) is 2.51. The standard InChI is InChI=1S/C11H21N3O3.ClH/c1-13(2)10(15)8-9-11(16)14(5-4-12-9)6-7-17-3;/h9,12H,4-8H2,1-3H3;1H. The van der Waals surface area contributed by atoms with Crippen molar-refractivity contribution in [3.8, 4) is 0 Å². The third kappa shape index (κ3) is 4.80. The molecule has 0 radical (unpaired) electrons. The van der Waals surface area contributed by atoms with E-state index in [9.17, 15) is 9.59 Å². The SMILES string of the molecule is COCCN1CCNC(CC(=O)N(C)C)C1=O.Cl. The number of amides is 2. The first-order chi connectivity index (χ1) is 8.06. The van der Waals surface area contributed by atoms with Crippen LogP contribution in [-0.2, 0) is 14.3 Å². The Morgan fingerprint density at radius 1 is 1.56 bits per heavy atom. The van der Waals surface area contributed by atoms with E-state index in [0.717, 1.165) is 6.54 Å². The third-order valence-corrected chi connectivity index (χ3v) is 2.83. The smallest absolute Gasteiger partial charge is 0.240 e. The van der Waals surface area contributed by atoms with Crippen LogP contribution in [0.5, 0.6) is 0 Å². The van der Waals surface area contributed by atoms with Crippen LogP contribution in [0.4, 0.5) is 0 Å². The molecule has 1 atom stereocenters. The summed E-state index contributed by atoms with van der Waals surface area (Å²) in [6, 6.07) is -0.393. The van der Waals surface area contributed by atoms with Crippen molar-refractivity contribution in [3.63, 3.8) is 0 Å². The first kappa shape index (κ1) is 17.2. The van der Waals surface area contributed by atoms with Crippen LogP contribution in [0.3, 0.4) is 0 Å². The number of carbonyl (C=O) groups excluding carboxylic acids is 2. The molecule has 1 heterocycles. The second-order valence-electron chi connectivity index (χ2n) is 4.32. The minimum atomic E-state index is -0.393. The van der Waals surface area contributed by atoms with E-state index in [1.807, 2.05) is 0 Å². The lowest BCUT2D eigenvalue weighted by molar-refractivity contribution is -0.140. The largest absolute Gasteiger partial charge is 0.383 e. The summed E-state index contributed by atoms with van der Waals surface area (Å²) in [7, 11) is 5.00. The highest BCUT2D eigenvalue weighted by molar-refractivity contribution is 5.88. The van der Waals surface area contributed by atoms with Crippen LogP contribution < -0.4 is 5.32 Å². The Hall–Kier alpha value is -0.850. The molecule has 0 spiro atoms. The summed E-state index contributed by atoms with van der Waals surface area (Å²) in [5.41, 5.74) is 0. The highest BCUT2D eigenvalue weighted by Gasteiger charge is 2.29. The summed E-state index contributed by atoms with van der Waals surface area (Å²) in [6.07, 6.45) is 0.218. The maximum Gasteiger partial charge on any atom is 0.240 e. The van der Waals surface area contributed by atoms with Gasteiger partial charge in [0.2, 0.25) is 11.8 Å². The first-order valence-electron chi connectivity index (χ1n) is 5.77. The van der Waals surface area contributed by atoms with Crippen molar-refractivity contribution in [2.75, 3.05) is 47.4 Å². The maximum atomic E-state index is 12.0. The van der Waals surface area contributed by atoms with Gasteiger partial charge in [0.1, 0.15) is 0 Å². The first-order valence-corrected chi connectivity index (χ1v) is 5.77. The number of rotatable bonds is 5. The fourth-order valence-electron chi connectivity index (χ4n) is 1.73. The minimum absolute atomic E-state index is 0. The molecule has 1 aliphatic rings. The fraction of sp³-hybridized carbons (Fsp3) is 0.818. The van der Waals surface area contributed by atoms with Crippen LogP contribution in [0.2, 0.25) is 0 Å². The second-order valence-corrected chi connectivity index (χ2v) is 4.32. The predicted octanol–water partition coefficient (Wildman–Crippen LogP) is -0.667. The molecular formula is C11H22ClN3O3. The lowest BCUT2D eigenvalue weighted by Gasteiger charge is -2.33. The van der Waals surface area contributed by atoms with Gasteiger partial charge in [-0.05, 0) is 0 Å². The quantitative estimate of drug-likeness (QED) is 0.725. The Bertz CT molecular complexity index is 287. The van der Waals surface area contributed by atoms with Gasteiger partial charge in [0.05, 0.1) is 19.1 Å². The van der Waals surface area contributed by atoms with E-state index in [2.05, 4.69) is 5.32 Å². The van der Waals surface area contributed by atoms with Crippen LogP contribution in [-0.4, -0.2) is 75.1 Å². The molecule has 0 aromatic carbocycles. The fourth-order valence-corrected chi connectivity index (χ4v) is 1.73. The monoisotopic (exact) mass is 279 g/mol. The minimum Gasteiger partial charge on any atom is -0.383 e. The van der Waals surface area contributed by atoms with Crippen molar-refractivity contribution in [3.05, 3.63) is 0 Å². The molecule has 0 aliphatic carbocycles. The molecule has 0 aromatic rings. The molecule has 7 heteroatoms. The van der Waals surface area contributed by atoms with E-state index >= 15 is 0 Å². The molecule has 0 aromatic heterocycles. The normalized spacial score (nSPS) is 19.4. The number of piperazine rings is 1. The number of methoxy groups -OCH3 is 1. The van der Waals surface area contributed by atoms with Gasteiger partial charge in [0, 0.05) is 40.8 Å². The van der Waals surface area contributed by atoms with E-state index < -0.39 is 6.04 Å². The topological polar surface area (TPSA) is 61.9 Å². The Morgan fingerprint density at radius 2 is 2.22 bits per heavy atom. The zero-order valence-corrected chi connectivity index (χ0v) is 12.0. The Morgan fingerprint density at radius 3 is 2.78 bits per heavy atom. The van der Waals surface area contributed by atoms with Gasteiger partial charge in [0.25, 0.3) is 0 Å². The molecule has 1 rings (SSSR count). The predicted molar refractivity (Wildman–Crippen MR) is 70.8 cm³/mol. The van der Waals surface area contributed by atoms with Gasteiger partial charge in [-0.3, -0.25) is 9.59 Å². The Kier molecular flexibility index (Phi) is 7.90. The second kappa shape index (κ2) is 8.29. The summed E-state index contributed by atoms with van der Waals surface area (Å²) in [5, 5.41) is 3.08. The van der Waals surface area contributed by atoms with E-state index in [1.165, 1.54) is 4.90 Å². The number of nitrogens with zero attached hydrogens (tertiary/aromatic N) is 2. The molecule has 1 unspecified atom stereocenters. The van der Waals surface area contributed by atoms with Gasteiger partial charge < -0.3 is 19.9 Å². The lowest BCUT2D eigenvalue weighted by atomic mass is 10.1. The summed E-state index contributed by atoms with van der Waals surface area (Å²) in [5.74, 6) is -0.0482. The Labute approximate surface area is 114 Å². The average Bonchev–Trinajstić information content (AvgIpc) is 2.30. The number of hydrogen-bond acceptors (Lipinski definition) is 4. The molecule has 1 N–H and O–H groups in total. The molecule has 18 heavy (non-hydrogen) atoms. The van der Waals surface area contributed by atoms with Crippen molar-refractivity contribution >= 4 is 24.2 Å². The summed E-state index contributed by atoms with van der Waals surface area (Å²) in [4.78, 5) is 26.8. The number of nitrogens with one attached hydrogen (secondary N) is 1. The van der Waals surface area contributed by atoms with E-state index in [1.54, 1.807) is 26.1 Å². The van der Waals surface area contributed by atoms with Gasteiger partial charge in [-0.2, -0.15) is 0 Å². The van der Waals surface area contributed by atoms with Crippen LogP contribution in [0, 0.1) is 0 Å². The van der Waals surface area contributed by atoms with Gasteiger partial charge >= 0.3 is 0 Å².